The van der Waals surface area contributed by atoms with Crippen LogP contribution in [0.5, 0.6) is 0 Å². The van der Waals surface area contributed by atoms with Crippen LogP contribution in [0.1, 0.15) is 156 Å². The summed E-state index contributed by atoms with van der Waals surface area (Å²) in [6, 6.07) is 0. The summed E-state index contributed by atoms with van der Waals surface area (Å²) in [7, 11) is 0. The number of unbranched alkanes of at least 4 members (excludes halogenated alkanes) is 8. The van der Waals surface area contributed by atoms with Crippen molar-refractivity contribution in [2.45, 2.75) is 162 Å². The van der Waals surface area contributed by atoms with Crippen LogP contribution in [0.3, 0.4) is 0 Å². The molecule has 0 amide bonds. The largest absolute Gasteiger partial charge is 0.462 e. The zero-order valence-electron chi connectivity index (χ0n) is 40.0. The molecule has 0 rings (SSSR count). The maximum absolute atomic E-state index is 12.8. The third-order valence-corrected chi connectivity index (χ3v) is 9.18. The normalized spacial score (nSPS) is 13.6. The summed E-state index contributed by atoms with van der Waals surface area (Å²) in [5.41, 5.74) is 0. The van der Waals surface area contributed by atoms with Crippen LogP contribution in [0.25, 0.3) is 0 Å². The molecular weight excluding hydrogens is 793 g/mol. The van der Waals surface area contributed by atoms with Gasteiger partial charge in [0.05, 0.1) is 0 Å². The summed E-state index contributed by atoms with van der Waals surface area (Å²) in [5.74, 6) is -1.11. The van der Waals surface area contributed by atoms with Crippen molar-refractivity contribution in [3.8, 4) is 0 Å². The van der Waals surface area contributed by atoms with Crippen LogP contribution < -0.4 is 0 Å². The monoisotopic (exact) mass is 877 g/mol. The van der Waals surface area contributed by atoms with Crippen LogP contribution in [0.15, 0.2) is 170 Å². The molecule has 0 N–H and O–H groups in total. The first kappa shape index (κ1) is 58.8. The third-order valence-electron chi connectivity index (χ3n) is 9.18. The number of allylic oxidation sites excluding steroid dienone is 28. The molecule has 0 aromatic rings. The number of hydrogen-bond acceptors (Lipinski definition) is 6. The molecule has 64 heavy (non-hydrogen) atoms. The van der Waals surface area contributed by atoms with Gasteiger partial charge in [-0.2, -0.15) is 0 Å². The molecule has 0 spiro atoms. The summed E-state index contributed by atoms with van der Waals surface area (Å²) in [4.78, 5) is 37.9. The fourth-order valence-corrected chi connectivity index (χ4v) is 5.64. The second kappa shape index (κ2) is 50.4. The molecule has 0 aromatic heterocycles. The molecule has 0 saturated heterocycles. The van der Waals surface area contributed by atoms with E-state index in [1.54, 1.807) is 0 Å². The lowest BCUT2D eigenvalue weighted by Gasteiger charge is -2.18. The van der Waals surface area contributed by atoms with E-state index in [0.29, 0.717) is 19.3 Å². The number of carbonyl (C=O) groups is 3. The Morgan fingerprint density at radius 3 is 1.14 bits per heavy atom. The molecule has 1 atom stereocenters. The lowest BCUT2D eigenvalue weighted by molar-refractivity contribution is -0.166. The SMILES string of the molecule is CC\C=C/C=C\C=C/C=C\C=C/CCCCCC(=O)OC(COC(=O)CC/C=C\C/C=C\C/C=C\C/C=C\C/C=C\CC)COC(=O)CCCCCCC\C=C/C=C\C=C/C=C\CC. The summed E-state index contributed by atoms with van der Waals surface area (Å²) in [6.07, 6.45) is 74.8. The van der Waals surface area contributed by atoms with Gasteiger partial charge in [-0.3, -0.25) is 14.4 Å². The van der Waals surface area contributed by atoms with Gasteiger partial charge in [0.25, 0.3) is 0 Å². The highest BCUT2D eigenvalue weighted by Crippen LogP contribution is 2.11. The van der Waals surface area contributed by atoms with Crippen LogP contribution in [0.4, 0.5) is 0 Å². The van der Waals surface area contributed by atoms with E-state index in [2.05, 4.69) is 106 Å². The molecule has 0 aromatic carbocycles. The van der Waals surface area contributed by atoms with Gasteiger partial charge >= 0.3 is 17.9 Å². The van der Waals surface area contributed by atoms with Crippen molar-refractivity contribution in [3.05, 3.63) is 170 Å². The van der Waals surface area contributed by atoms with Crippen molar-refractivity contribution < 1.29 is 28.6 Å². The van der Waals surface area contributed by atoms with Gasteiger partial charge in [0.15, 0.2) is 6.10 Å². The van der Waals surface area contributed by atoms with Gasteiger partial charge in [-0.25, -0.2) is 0 Å². The molecule has 0 heterocycles. The second-order valence-corrected chi connectivity index (χ2v) is 15.1. The van der Waals surface area contributed by atoms with Gasteiger partial charge in [0, 0.05) is 19.3 Å². The minimum atomic E-state index is -0.849. The van der Waals surface area contributed by atoms with Gasteiger partial charge in [-0.05, 0) is 89.9 Å². The smallest absolute Gasteiger partial charge is 0.306 e. The zero-order valence-corrected chi connectivity index (χ0v) is 40.0. The minimum absolute atomic E-state index is 0.141. The van der Waals surface area contributed by atoms with Crippen molar-refractivity contribution >= 4 is 17.9 Å². The predicted octanol–water partition coefficient (Wildman–Crippen LogP) is 16.0. The van der Waals surface area contributed by atoms with Crippen LogP contribution in [-0.2, 0) is 28.6 Å². The fraction of sp³-hybridized carbons (Fsp3) is 0.466. The Balaban J connectivity index is 4.67. The van der Waals surface area contributed by atoms with Gasteiger partial charge in [-0.15, -0.1) is 0 Å². The van der Waals surface area contributed by atoms with Crippen LogP contribution >= 0.6 is 0 Å². The first-order valence-electron chi connectivity index (χ1n) is 24.3. The average Bonchev–Trinajstić information content (AvgIpc) is 3.29. The van der Waals surface area contributed by atoms with Gasteiger partial charge in [-0.1, -0.05) is 217 Å². The lowest BCUT2D eigenvalue weighted by atomic mass is 10.1. The molecule has 6 heteroatoms. The number of esters is 3. The highest BCUT2D eigenvalue weighted by molar-refractivity contribution is 5.71. The van der Waals surface area contributed by atoms with Crippen molar-refractivity contribution in [1.82, 2.24) is 0 Å². The quantitative estimate of drug-likeness (QED) is 0.0201. The van der Waals surface area contributed by atoms with Crippen LogP contribution in [0.2, 0.25) is 0 Å². The van der Waals surface area contributed by atoms with E-state index >= 15 is 0 Å². The third kappa shape index (κ3) is 47.8. The molecule has 0 saturated carbocycles. The standard InChI is InChI=1S/C58H84O6/c1-4-7-10-13-16-19-22-25-28-31-33-36-39-42-45-48-51-57(60)63-54-55(64-58(61)52-49-46-43-40-37-34-30-27-24-21-18-15-12-9-6-3)53-62-56(59)50-47-44-41-38-35-32-29-26-23-20-17-14-11-8-5-2/h7-12,14-21,23-30,33-34,36-37,42,45,55H,4-6,13,22,31-32,35,38-41,43-44,46-54H2,1-3H3/b10-7-,11-8-,12-9-,17-14-,18-15-,19-16-,23-20-,24-21-,28-25-,29-26-,30-27-,36-33-,37-34-,45-42-. The first-order chi connectivity index (χ1) is 31.5. The number of ether oxygens (including phenoxy) is 3. The van der Waals surface area contributed by atoms with Crippen molar-refractivity contribution in [1.29, 1.82) is 0 Å². The van der Waals surface area contributed by atoms with Crippen molar-refractivity contribution in [2.75, 3.05) is 13.2 Å². The van der Waals surface area contributed by atoms with E-state index in [1.807, 2.05) is 85.1 Å². The van der Waals surface area contributed by atoms with E-state index in [1.165, 1.54) is 0 Å². The molecule has 1 unspecified atom stereocenters. The van der Waals surface area contributed by atoms with E-state index in [-0.39, 0.29) is 44.0 Å². The van der Waals surface area contributed by atoms with Crippen LogP contribution in [0, 0.1) is 0 Å². The highest BCUT2D eigenvalue weighted by Gasteiger charge is 2.19. The number of rotatable bonds is 40. The maximum atomic E-state index is 12.8. The lowest BCUT2D eigenvalue weighted by Crippen LogP contribution is -2.30. The molecule has 0 fully saturated rings. The fourth-order valence-electron chi connectivity index (χ4n) is 5.64. The summed E-state index contributed by atoms with van der Waals surface area (Å²) >= 11 is 0. The number of carbonyl (C=O) groups excluding carboxylic acids is 3. The van der Waals surface area contributed by atoms with Gasteiger partial charge in [0.1, 0.15) is 13.2 Å². The predicted molar refractivity (Wildman–Crippen MR) is 274 cm³/mol. The van der Waals surface area contributed by atoms with E-state index in [9.17, 15) is 14.4 Å². The Hall–Kier alpha value is -5.23. The van der Waals surface area contributed by atoms with E-state index in [0.717, 1.165) is 103 Å². The summed E-state index contributed by atoms with van der Waals surface area (Å²) in [5, 5.41) is 0. The average molecular weight is 877 g/mol. The molecule has 0 aliphatic heterocycles. The number of hydrogen-bond donors (Lipinski definition) is 0. The Labute approximate surface area is 390 Å². The first-order valence-corrected chi connectivity index (χ1v) is 24.3. The Morgan fingerprint density at radius 1 is 0.328 bits per heavy atom. The Bertz CT molecular complexity index is 1570. The minimum Gasteiger partial charge on any atom is -0.462 e. The van der Waals surface area contributed by atoms with Crippen molar-refractivity contribution in [2.24, 2.45) is 0 Å². The molecule has 6 nitrogen and oxygen atoms in total. The van der Waals surface area contributed by atoms with Crippen LogP contribution in [-0.4, -0.2) is 37.2 Å². The topological polar surface area (TPSA) is 78.9 Å². The maximum Gasteiger partial charge on any atom is 0.306 e. The van der Waals surface area contributed by atoms with Crippen molar-refractivity contribution in [3.63, 3.8) is 0 Å². The Kier molecular flexibility index (Phi) is 46.3. The van der Waals surface area contributed by atoms with Gasteiger partial charge in [0.2, 0.25) is 0 Å². The summed E-state index contributed by atoms with van der Waals surface area (Å²) < 4.78 is 16.6. The van der Waals surface area contributed by atoms with E-state index < -0.39 is 6.10 Å². The highest BCUT2D eigenvalue weighted by atomic mass is 16.6. The second-order valence-electron chi connectivity index (χ2n) is 15.1. The molecule has 0 aliphatic rings. The van der Waals surface area contributed by atoms with Gasteiger partial charge < -0.3 is 14.2 Å². The summed E-state index contributed by atoms with van der Waals surface area (Å²) in [6.45, 7) is 6.07. The molecule has 352 valence electrons. The molecular formula is C58H84O6. The zero-order chi connectivity index (χ0) is 46.5. The molecule has 0 radical (unpaired) electrons. The molecule has 0 aliphatic carbocycles. The van der Waals surface area contributed by atoms with E-state index in [4.69, 9.17) is 14.2 Å². The Morgan fingerprint density at radius 2 is 0.672 bits per heavy atom. The molecule has 0 bridgehead atoms.